The Hall–Kier alpha value is -0.710. The quantitative estimate of drug-likeness (QED) is 0.509. The number of amides is 3. The van der Waals surface area contributed by atoms with E-state index < -0.39 is 0 Å². The van der Waals surface area contributed by atoms with Gasteiger partial charge in [0.25, 0.3) is 0 Å². The van der Waals surface area contributed by atoms with Gasteiger partial charge in [0, 0.05) is 13.6 Å². The number of carbonyl (C=O) groups is 2. The van der Waals surface area contributed by atoms with Crippen LogP contribution in [0.2, 0.25) is 0 Å². The van der Waals surface area contributed by atoms with Crippen molar-refractivity contribution >= 4 is 23.7 Å². The van der Waals surface area contributed by atoms with Crippen molar-refractivity contribution in [2.75, 3.05) is 31.6 Å². The molecular weight excluding hydrogens is 200 g/mol. The second-order valence-corrected chi connectivity index (χ2v) is 4.63. The molecule has 1 heterocycles. The molecular formula is C9H16N2O2S. The summed E-state index contributed by atoms with van der Waals surface area (Å²) in [6.45, 7) is 2.90. The average molecular weight is 216 g/mol. The molecule has 80 valence electrons. The first-order valence-electron chi connectivity index (χ1n) is 4.80. The van der Waals surface area contributed by atoms with Crippen molar-refractivity contribution in [1.82, 2.24) is 9.80 Å². The molecule has 4 nitrogen and oxygen atoms in total. The lowest BCUT2D eigenvalue weighted by Crippen LogP contribution is -2.32. The highest BCUT2D eigenvalue weighted by atomic mass is 32.2. The molecule has 0 aromatic heterocycles. The van der Waals surface area contributed by atoms with Gasteiger partial charge in [-0.25, -0.2) is 4.79 Å². The minimum atomic E-state index is -0.156. The van der Waals surface area contributed by atoms with Gasteiger partial charge in [-0.05, 0) is 17.9 Å². The Kier molecular flexibility index (Phi) is 4.25. The number of hydrogen-bond acceptors (Lipinski definition) is 3. The Labute approximate surface area is 88.6 Å². The molecule has 0 unspecified atom stereocenters. The molecule has 3 amide bonds. The molecule has 1 aliphatic heterocycles. The SMILES string of the molecule is CCSCCCN1C(=O)CN(C)C1=O. The van der Waals surface area contributed by atoms with Crippen molar-refractivity contribution in [2.45, 2.75) is 13.3 Å². The molecule has 0 radical (unpaired) electrons. The Bertz CT molecular complexity index is 233. The molecule has 1 rings (SSSR count). The summed E-state index contributed by atoms with van der Waals surface area (Å²) < 4.78 is 0. The van der Waals surface area contributed by atoms with Gasteiger partial charge in [0.2, 0.25) is 5.91 Å². The highest BCUT2D eigenvalue weighted by molar-refractivity contribution is 7.99. The summed E-state index contributed by atoms with van der Waals surface area (Å²) in [5, 5.41) is 0. The molecule has 0 aromatic carbocycles. The second kappa shape index (κ2) is 5.24. The average Bonchev–Trinajstić information content (AvgIpc) is 2.38. The van der Waals surface area contributed by atoms with Crippen LogP contribution in [0.25, 0.3) is 0 Å². The van der Waals surface area contributed by atoms with Gasteiger partial charge in [-0.3, -0.25) is 9.69 Å². The van der Waals surface area contributed by atoms with Crippen molar-refractivity contribution in [3.05, 3.63) is 0 Å². The van der Waals surface area contributed by atoms with E-state index in [4.69, 9.17) is 0 Å². The maximum Gasteiger partial charge on any atom is 0.326 e. The summed E-state index contributed by atoms with van der Waals surface area (Å²) in [6.07, 6.45) is 0.893. The van der Waals surface area contributed by atoms with Gasteiger partial charge in [0.05, 0.1) is 0 Å². The van der Waals surface area contributed by atoms with Crippen LogP contribution in [0, 0.1) is 0 Å². The number of likely N-dealkylation sites (N-methyl/N-ethyl adjacent to an activating group) is 1. The van der Waals surface area contributed by atoms with Gasteiger partial charge >= 0.3 is 6.03 Å². The first-order valence-corrected chi connectivity index (χ1v) is 5.95. The number of thioether (sulfide) groups is 1. The third-order valence-corrected chi connectivity index (χ3v) is 3.09. The van der Waals surface area contributed by atoms with Crippen LogP contribution in [0.1, 0.15) is 13.3 Å². The summed E-state index contributed by atoms with van der Waals surface area (Å²) in [6, 6.07) is -0.156. The first-order chi connectivity index (χ1) is 6.66. The van der Waals surface area contributed by atoms with Crippen LogP contribution in [-0.4, -0.2) is 53.4 Å². The molecule has 0 aromatic rings. The van der Waals surface area contributed by atoms with E-state index >= 15 is 0 Å². The molecule has 0 spiro atoms. The number of nitrogens with zero attached hydrogens (tertiary/aromatic N) is 2. The Morgan fingerprint density at radius 3 is 2.64 bits per heavy atom. The van der Waals surface area contributed by atoms with Gasteiger partial charge in [-0.1, -0.05) is 6.92 Å². The summed E-state index contributed by atoms with van der Waals surface area (Å²) in [5.41, 5.74) is 0. The van der Waals surface area contributed by atoms with E-state index in [0.717, 1.165) is 17.9 Å². The highest BCUT2D eigenvalue weighted by Crippen LogP contribution is 2.10. The zero-order valence-corrected chi connectivity index (χ0v) is 9.47. The van der Waals surface area contributed by atoms with Gasteiger partial charge < -0.3 is 4.90 Å². The largest absolute Gasteiger partial charge is 0.326 e. The minimum absolute atomic E-state index is 0.0704. The van der Waals surface area contributed by atoms with E-state index in [-0.39, 0.29) is 18.5 Å². The molecule has 1 saturated heterocycles. The van der Waals surface area contributed by atoms with Crippen molar-refractivity contribution in [2.24, 2.45) is 0 Å². The third-order valence-electron chi connectivity index (χ3n) is 2.11. The fourth-order valence-corrected chi connectivity index (χ4v) is 1.98. The zero-order valence-electron chi connectivity index (χ0n) is 8.65. The highest BCUT2D eigenvalue weighted by Gasteiger charge is 2.32. The number of rotatable bonds is 5. The van der Waals surface area contributed by atoms with E-state index in [1.807, 2.05) is 11.8 Å². The summed E-state index contributed by atoms with van der Waals surface area (Å²) >= 11 is 1.83. The van der Waals surface area contributed by atoms with Crippen LogP contribution in [-0.2, 0) is 4.79 Å². The van der Waals surface area contributed by atoms with Gasteiger partial charge in [0.1, 0.15) is 6.54 Å². The molecule has 1 fully saturated rings. The number of imide groups is 1. The van der Waals surface area contributed by atoms with Crippen molar-refractivity contribution in [3.63, 3.8) is 0 Å². The zero-order chi connectivity index (χ0) is 10.6. The summed E-state index contributed by atoms with van der Waals surface area (Å²) in [7, 11) is 1.65. The molecule has 0 aliphatic carbocycles. The van der Waals surface area contributed by atoms with Crippen molar-refractivity contribution < 1.29 is 9.59 Å². The lowest BCUT2D eigenvalue weighted by Gasteiger charge is -2.13. The second-order valence-electron chi connectivity index (χ2n) is 3.23. The molecule has 0 saturated carbocycles. The van der Waals surface area contributed by atoms with Crippen LogP contribution in [0.15, 0.2) is 0 Å². The maximum absolute atomic E-state index is 11.4. The first kappa shape index (κ1) is 11.4. The van der Waals surface area contributed by atoms with E-state index in [2.05, 4.69) is 6.92 Å². The Balaban J connectivity index is 2.30. The lowest BCUT2D eigenvalue weighted by atomic mass is 10.4. The number of hydrogen-bond donors (Lipinski definition) is 0. The van der Waals surface area contributed by atoms with E-state index in [0.29, 0.717) is 6.54 Å². The van der Waals surface area contributed by atoms with Crippen LogP contribution >= 0.6 is 11.8 Å². The summed E-state index contributed by atoms with van der Waals surface area (Å²) in [5.74, 6) is 2.03. The van der Waals surface area contributed by atoms with E-state index in [9.17, 15) is 9.59 Å². The molecule has 14 heavy (non-hydrogen) atoms. The van der Waals surface area contributed by atoms with E-state index in [1.54, 1.807) is 7.05 Å². The topological polar surface area (TPSA) is 40.6 Å². The van der Waals surface area contributed by atoms with Crippen molar-refractivity contribution in [1.29, 1.82) is 0 Å². The van der Waals surface area contributed by atoms with Crippen LogP contribution in [0.5, 0.6) is 0 Å². The monoisotopic (exact) mass is 216 g/mol. The van der Waals surface area contributed by atoms with Crippen LogP contribution in [0.4, 0.5) is 4.79 Å². The minimum Gasteiger partial charge on any atom is -0.318 e. The number of urea groups is 1. The fourth-order valence-electron chi connectivity index (χ4n) is 1.36. The van der Waals surface area contributed by atoms with Gasteiger partial charge in [-0.15, -0.1) is 0 Å². The number of carbonyl (C=O) groups excluding carboxylic acids is 2. The van der Waals surface area contributed by atoms with E-state index in [1.165, 1.54) is 9.80 Å². The van der Waals surface area contributed by atoms with Gasteiger partial charge in [0.15, 0.2) is 0 Å². The molecule has 0 N–H and O–H groups in total. The lowest BCUT2D eigenvalue weighted by molar-refractivity contribution is -0.125. The van der Waals surface area contributed by atoms with Crippen LogP contribution < -0.4 is 0 Å². The Morgan fingerprint density at radius 2 is 2.14 bits per heavy atom. The predicted octanol–water partition coefficient (Wildman–Crippen LogP) is 1.02. The van der Waals surface area contributed by atoms with Crippen molar-refractivity contribution in [3.8, 4) is 0 Å². The standard InChI is InChI=1S/C9H16N2O2S/c1-3-14-6-4-5-11-8(12)7-10(2)9(11)13/h3-7H2,1-2H3. The Morgan fingerprint density at radius 1 is 1.43 bits per heavy atom. The summed E-state index contributed by atoms with van der Waals surface area (Å²) in [4.78, 5) is 25.5. The molecule has 0 atom stereocenters. The maximum atomic E-state index is 11.4. The third kappa shape index (κ3) is 2.64. The fraction of sp³-hybridized carbons (Fsp3) is 0.778. The smallest absolute Gasteiger partial charge is 0.318 e. The normalized spacial score (nSPS) is 17.0. The molecule has 0 bridgehead atoms. The molecule has 1 aliphatic rings. The van der Waals surface area contributed by atoms with Gasteiger partial charge in [-0.2, -0.15) is 11.8 Å². The van der Waals surface area contributed by atoms with Crippen LogP contribution in [0.3, 0.4) is 0 Å². The molecule has 5 heteroatoms. The predicted molar refractivity (Wildman–Crippen MR) is 57.4 cm³/mol.